The molecule has 0 aliphatic heterocycles. The van der Waals surface area contributed by atoms with Gasteiger partial charge in [0.1, 0.15) is 0 Å². The number of unbranched alkanes of at least 4 members (excludes halogenated alkanes) is 10. The Bertz CT molecular complexity index is 690. The van der Waals surface area contributed by atoms with Gasteiger partial charge in [-0.1, -0.05) is 77.6 Å². The lowest BCUT2D eigenvalue weighted by Gasteiger charge is -2.19. The third-order valence-electron chi connectivity index (χ3n) is 5.99. The third-order valence-corrected chi connectivity index (χ3v) is 5.99. The predicted octanol–water partition coefficient (Wildman–Crippen LogP) is 6.74. The normalized spacial score (nSPS) is 11.7. The zero-order valence-electron chi connectivity index (χ0n) is 20.5. The zero-order valence-corrected chi connectivity index (χ0v) is 20.5. The fraction of sp³-hybridized carbons (Fsp3) is 0.692. The second kappa shape index (κ2) is 18.0. The van der Waals surface area contributed by atoms with E-state index < -0.39 is 4.92 Å². The number of esters is 1. The van der Waals surface area contributed by atoms with E-state index in [9.17, 15) is 19.7 Å². The summed E-state index contributed by atoms with van der Waals surface area (Å²) in [5, 5.41) is 14.0. The quantitative estimate of drug-likeness (QED) is 0.106. The number of methoxy groups -OCH3 is 1. The van der Waals surface area contributed by atoms with Crippen LogP contribution in [0, 0.1) is 10.1 Å². The van der Waals surface area contributed by atoms with Gasteiger partial charge in [-0.25, -0.2) is 0 Å². The van der Waals surface area contributed by atoms with E-state index in [2.05, 4.69) is 17.0 Å². The molecular weight excluding hydrogens is 420 g/mol. The van der Waals surface area contributed by atoms with Crippen molar-refractivity contribution in [3.8, 4) is 0 Å². The van der Waals surface area contributed by atoms with Gasteiger partial charge in [0.25, 0.3) is 11.6 Å². The summed E-state index contributed by atoms with van der Waals surface area (Å²) in [5.74, 6) is -0.306. The van der Waals surface area contributed by atoms with Gasteiger partial charge in [0.2, 0.25) is 0 Å². The molecule has 0 heterocycles. The number of nitro groups is 1. The number of benzene rings is 1. The van der Waals surface area contributed by atoms with Gasteiger partial charge in [-0.15, -0.1) is 0 Å². The Kier molecular flexibility index (Phi) is 15.6. The van der Waals surface area contributed by atoms with Crippen LogP contribution in [0.2, 0.25) is 0 Å². The Labute approximate surface area is 198 Å². The van der Waals surface area contributed by atoms with Crippen molar-refractivity contribution in [3.05, 3.63) is 39.9 Å². The molecule has 0 bridgehead atoms. The number of non-ortho nitro benzene ring substituents is 1. The summed E-state index contributed by atoms with van der Waals surface area (Å²) in [5.41, 5.74) is 0.445. The van der Waals surface area contributed by atoms with E-state index in [0.717, 1.165) is 57.8 Å². The van der Waals surface area contributed by atoms with Crippen LogP contribution in [0.25, 0.3) is 0 Å². The van der Waals surface area contributed by atoms with Crippen molar-refractivity contribution in [1.29, 1.82) is 0 Å². The standard InChI is InChI=1S/C26H42N2O5/c1-3-4-5-6-9-12-15-23(16-13-10-7-8-11-14-17-25(29)33-2)27-26(30)22-18-20-24(21-19-22)28(31)32/h18-21,23H,3-17H2,1-2H3,(H,27,30). The van der Waals surface area contributed by atoms with Crippen molar-refractivity contribution < 1.29 is 19.2 Å². The highest BCUT2D eigenvalue weighted by atomic mass is 16.6. The molecule has 1 N–H and O–H groups in total. The van der Waals surface area contributed by atoms with Gasteiger partial charge in [0, 0.05) is 30.2 Å². The number of ether oxygens (including phenoxy) is 1. The van der Waals surface area contributed by atoms with Crippen LogP contribution in [0.15, 0.2) is 24.3 Å². The Morgan fingerprint density at radius 1 is 0.879 bits per heavy atom. The number of amides is 1. The highest BCUT2D eigenvalue weighted by molar-refractivity contribution is 5.94. The maximum atomic E-state index is 12.7. The van der Waals surface area contributed by atoms with Crippen LogP contribution in [-0.4, -0.2) is 30.0 Å². The van der Waals surface area contributed by atoms with Gasteiger partial charge in [-0.3, -0.25) is 19.7 Å². The first kappa shape index (κ1) is 28.6. The van der Waals surface area contributed by atoms with Gasteiger partial charge in [0.15, 0.2) is 0 Å². The molecule has 0 radical (unpaired) electrons. The monoisotopic (exact) mass is 462 g/mol. The van der Waals surface area contributed by atoms with Crippen molar-refractivity contribution in [2.75, 3.05) is 7.11 Å². The largest absolute Gasteiger partial charge is 0.469 e. The van der Waals surface area contributed by atoms with Gasteiger partial charge in [-0.2, -0.15) is 0 Å². The number of hydrogen-bond acceptors (Lipinski definition) is 5. The summed E-state index contributed by atoms with van der Waals surface area (Å²) in [4.78, 5) is 34.2. The van der Waals surface area contributed by atoms with Crippen LogP contribution in [0.5, 0.6) is 0 Å². The molecule has 0 aliphatic carbocycles. The van der Waals surface area contributed by atoms with Crippen LogP contribution in [0.1, 0.15) is 114 Å². The topological polar surface area (TPSA) is 98.5 Å². The molecule has 33 heavy (non-hydrogen) atoms. The van der Waals surface area contributed by atoms with Crippen LogP contribution in [0.4, 0.5) is 5.69 Å². The van der Waals surface area contributed by atoms with Crippen LogP contribution >= 0.6 is 0 Å². The van der Waals surface area contributed by atoms with Crippen molar-refractivity contribution in [2.45, 2.75) is 109 Å². The summed E-state index contributed by atoms with van der Waals surface area (Å²) in [6.07, 6.45) is 16.0. The lowest BCUT2D eigenvalue weighted by molar-refractivity contribution is -0.384. The van der Waals surface area contributed by atoms with Gasteiger partial charge < -0.3 is 10.1 Å². The van der Waals surface area contributed by atoms with E-state index in [4.69, 9.17) is 0 Å². The lowest BCUT2D eigenvalue weighted by Crippen LogP contribution is -2.34. The highest BCUT2D eigenvalue weighted by Gasteiger charge is 2.15. The molecule has 7 heteroatoms. The highest BCUT2D eigenvalue weighted by Crippen LogP contribution is 2.17. The third kappa shape index (κ3) is 13.6. The fourth-order valence-electron chi connectivity index (χ4n) is 3.93. The Morgan fingerprint density at radius 2 is 1.39 bits per heavy atom. The molecular formula is C26H42N2O5. The fourth-order valence-corrected chi connectivity index (χ4v) is 3.93. The number of nitro benzene ring substituents is 1. The summed E-state index contributed by atoms with van der Waals surface area (Å²) < 4.78 is 4.66. The van der Waals surface area contributed by atoms with Crippen molar-refractivity contribution >= 4 is 17.6 Å². The lowest BCUT2D eigenvalue weighted by atomic mass is 9.99. The molecule has 1 amide bonds. The van der Waals surface area contributed by atoms with E-state index >= 15 is 0 Å². The number of hydrogen-bond donors (Lipinski definition) is 1. The summed E-state index contributed by atoms with van der Waals surface area (Å²) in [6, 6.07) is 5.90. The predicted molar refractivity (Wildman–Crippen MR) is 131 cm³/mol. The minimum atomic E-state index is -0.460. The summed E-state index contributed by atoms with van der Waals surface area (Å²) in [6.45, 7) is 2.21. The molecule has 1 atom stereocenters. The van der Waals surface area contributed by atoms with Crippen LogP contribution in [-0.2, 0) is 9.53 Å². The second-order valence-electron chi connectivity index (χ2n) is 8.77. The van der Waals surface area contributed by atoms with Crippen molar-refractivity contribution in [3.63, 3.8) is 0 Å². The molecule has 186 valence electrons. The zero-order chi connectivity index (χ0) is 24.3. The average Bonchev–Trinajstić information content (AvgIpc) is 2.82. The molecule has 1 aromatic rings. The van der Waals surface area contributed by atoms with E-state index in [-0.39, 0.29) is 23.6 Å². The first-order valence-corrected chi connectivity index (χ1v) is 12.6. The molecule has 0 saturated heterocycles. The number of nitrogens with zero attached hydrogens (tertiary/aromatic N) is 1. The van der Waals surface area contributed by atoms with Gasteiger partial charge >= 0.3 is 5.97 Å². The summed E-state index contributed by atoms with van der Waals surface area (Å²) in [7, 11) is 1.42. The van der Waals surface area contributed by atoms with Crippen LogP contribution < -0.4 is 5.32 Å². The van der Waals surface area contributed by atoms with Gasteiger partial charge in [-0.05, 0) is 31.4 Å². The average molecular weight is 463 g/mol. The molecule has 1 rings (SSSR count). The first-order valence-electron chi connectivity index (χ1n) is 12.6. The van der Waals surface area contributed by atoms with E-state index in [0.29, 0.717) is 12.0 Å². The van der Waals surface area contributed by atoms with E-state index in [1.165, 1.54) is 63.5 Å². The molecule has 0 saturated carbocycles. The first-order chi connectivity index (χ1) is 16.0. The maximum Gasteiger partial charge on any atom is 0.305 e. The number of carbonyl (C=O) groups excluding carboxylic acids is 2. The van der Waals surface area contributed by atoms with E-state index in [1.807, 2.05) is 0 Å². The molecule has 7 nitrogen and oxygen atoms in total. The minimum absolute atomic E-state index is 0.0123. The maximum absolute atomic E-state index is 12.7. The second-order valence-corrected chi connectivity index (χ2v) is 8.77. The summed E-state index contributed by atoms with van der Waals surface area (Å²) >= 11 is 0. The Hall–Kier alpha value is -2.44. The molecule has 0 spiro atoms. The molecule has 0 aliphatic rings. The molecule has 0 aromatic heterocycles. The molecule has 1 unspecified atom stereocenters. The smallest absolute Gasteiger partial charge is 0.305 e. The Morgan fingerprint density at radius 3 is 1.91 bits per heavy atom. The SMILES string of the molecule is CCCCCCCCC(CCCCCCCCC(=O)OC)NC(=O)c1ccc([N+](=O)[O-])cc1. The Balaban J connectivity index is 2.42. The molecule has 1 aromatic carbocycles. The number of nitrogens with one attached hydrogen (secondary N) is 1. The molecule has 0 fully saturated rings. The minimum Gasteiger partial charge on any atom is -0.469 e. The van der Waals surface area contributed by atoms with Gasteiger partial charge in [0.05, 0.1) is 12.0 Å². The number of rotatable bonds is 19. The van der Waals surface area contributed by atoms with Crippen molar-refractivity contribution in [2.24, 2.45) is 0 Å². The van der Waals surface area contributed by atoms with Crippen LogP contribution in [0.3, 0.4) is 0 Å². The van der Waals surface area contributed by atoms with E-state index in [1.54, 1.807) is 0 Å². The van der Waals surface area contributed by atoms with Crippen molar-refractivity contribution in [1.82, 2.24) is 5.32 Å². The number of carbonyl (C=O) groups is 2.